The Kier molecular flexibility index (Phi) is 2.87. The molecule has 2 rings (SSSR count). The second-order valence-corrected chi connectivity index (χ2v) is 4.09. The lowest BCUT2D eigenvalue weighted by atomic mass is 10.4. The Morgan fingerprint density at radius 2 is 2.20 bits per heavy atom. The van der Waals surface area contributed by atoms with Crippen molar-refractivity contribution in [3.8, 4) is 0 Å². The van der Waals surface area contributed by atoms with Gasteiger partial charge in [-0.05, 0) is 25.1 Å². The molecule has 2 heterocycles. The Hall–Kier alpha value is -1.55. The van der Waals surface area contributed by atoms with Crippen molar-refractivity contribution in [2.45, 2.75) is 16.8 Å². The quantitative estimate of drug-likeness (QED) is 0.778. The number of rotatable bonds is 2. The fourth-order valence-corrected chi connectivity index (χ4v) is 2.04. The molecular formula is C11H9NO2S. The molecule has 0 amide bonds. The maximum atomic E-state index is 11.1. The highest BCUT2D eigenvalue weighted by atomic mass is 32.2. The van der Waals surface area contributed by atoms with Crippen LogP contribution in [0.15, 0.2) is 55.7 Å². The van der Waals surface area contributed by atoms with Gasteiger partial charge in [0.25, 0.3) is 0 Å². The number of nitrogens with zero attached hydrogens (tertiary/aromatic N) is 1. The fraction of sp³-hybridized carbons (Fsp3) is 0.0909. The number of hydrogen-bond donors (Lipinski definition) is 0. The van der Waals surface area contributed by atoms with Gasteiger partial charge in [-0.1, -0.05) is 17.8 Å². The molecule has 0 aliphatic rings. The van der Waals surface area contributed by atoms with Gasteiger partial charge in [0, 0.05) is 17.2 Å². The van der Waals surface area contributed by atoms with Gasteiger partial charge in [0.15, 0.2) is 0 Å². The van der Waals surface area contributed by atoms with E-state index in [1.165, 1.54) is 17.8 Å². The molecule has 2 aromatic heterocycles. The van der Waals surface area contributed by atoms with Crippen molar-refractivity contribution in [1.82, 2.24) is 4.98 Å². The highest BCUT2D eigenvalue weighted by Crippen LogP contribution is 2.24. The Morgan fingerprint density at radius 3 is 2.87 bits per heavy atom. The summed E-state index contributed by atoms with van der Waals surface area (Å²) in [5, 5.41) is 0.863. The number of aryl methyl sites for hydroxylation is 1. The summed E-state index contributed by atoms with van der Waals surface area (Å²) >= 11 is 1.44. The van der Waals surface area contributed by atoms with Crippen LogP contribution in [-0.4, -0.2) is 4.98 Å². The van der Waals surface area contributed by atoms with Crippen molar-refractivity contribution in [3.63, 3.8) is 0 Å². The molecule has 0 bridgehead atoms. The van der Waals surface area contributed by atoms with Crippen molar-refractivity contribution >= 4 is 11.8 Å². The molecule has 3 nitrogen and oxygen atoms in total. The van der Waals surface area contributed by atoms with E-state index in [-0.39, 0.29) is 5.63 Å². The molecule has 0 aliphatic heterocycles. The summed E-state index contributed by atoms with van der Waals surface area (Å²) in [6.45, 7) is 1.75. The molecule has 0 fully saturated rings. The Balaban J connectivity index is 2.29. The molecule has 0 atom stereocenters. The molecule has 0 aromatic carbocycles. The van der Waals surface area contributed by atoms with Crippen LogP contribution in [0.2, 0.25) is 0 Å². The average molecular weight is 219 g/mol. The smallest absolute Gasteiger partial charge is 0.336 e. The van der Waals surface area contributed by atoms with Gasteiger partial charge in [0.2, 0.25) is 0 Å². The van der Waals surface area contributed by atoms with Gasteiger partial charge in [-0.3, -0.25) is 0 Å². The second-order valence-electron chi connectivity index (χ2n) is 2.99. The molecule has 0 spiro atoms. The highest BCUT2D eigenvalue weighted by molar-refractivity contribution is 7.99. The summed E-state index contributed by atoms with van der Waals surface area (Å²) in [7, 11) is 0. The lowest BCUT2D eigenvalue weighted by Gasteiger charge is -1.99. The minimum Gasteiger partial charge on any atom is -0.428 e. The third kappa shape index (κ3) is 2.70. The van der Waals surface area contributed by atoms with Crippen molar-refractivity contribution in [2.75, 3.05) is 0 Å². The van der Waals surface area contributed by atoms with Gasteiger partial charge < -0.3 is 4.42 Å². The number of hydrogen-bond acceptors (Lipinski definition) is 4. The molecule has 2 aromatic rings. The van der Waals surface area contributed by atoms with E-state index in [9.17, 15) is 4.79 Å². The number of aromatic nitrogens is 1. The molecule has 0 saturated heterocycles. The molecule has 0 radical (unpaired) electrons. The van der Waals surface area contributed by atoms with Crippen LogP contribution >= 0.6 is 11.8 Å². The summed E-state index contributed by atoms with van der Waals surface area (Å²) in [5.41, 5.74) is -0.326. The van der Waals surface area contributed by atoms with Gasteiger partial charge >= 0.3 is 5.63 Å². The fourth-order valence-electron chi connectivity index (χ4n) is 1.16. The summed E-state index contributed by atoms with van der Waals surface area (Å²) < 4.78 is 4.87. The zero-order chi connectivity index (χ0) is 10.7. The topological polar surface area (TPSA) is 43.1 Å². The van der Waals surface area contributed by atoms with Crippen molar-refractivity contribution in [2.24, 2.45) is 0 Å². The zero-order valence-corrected chi connectivity index (χ0v) is 8.95. The molecule has 0 aliphatic carbocycles. The monoisotopic (exact) mass is 219 g/mol. The Bertz CT molecular complexity index is 507. The van der Waals surface area contributed by atoms with Crippen LogP contribution in [0.1, 0.15) is 5.76 Å². The second kappa shape index (κ2) is 4.31. The number of pyridine rings is 1. The molecule has 0 unspecified atom stereocenters. The van der Waals surface area contributed by atoms with Crippen LogP contribution in [0.3, 0.4) is 0 Å². The third-order valence-electron chi connectivity index (χ3n) is 1.73. The van der Waals surface area contributed by atoms with E-state index >= 15 is 0 Å². The van der Waals surface area contributed by atoms with Crippen molar-refractivity contribution in [1.29, 1.82) is 0 Å². The van der Waals surface area contributed by atoms with E-state index in [0.29, 0.717) is 5.76 Å². The van der Waals surface area contributed by atoms with Crippen molar-refractivity contribution in [3.05, 3.63) is 52.7 Å². The molecular weight excluding hydrogens is 210 g/mol. The normalized spacial score (nSPS) is 10.2. The van der Waals surface area contributed by atoms with Crippen LogP contribution in [-0.2, 0) is 0 Å². The minimum absolute atomic E-state index is 0.326. The first-order valence-corrected chi connectivity index (χ1v) is 5.26. The average Bonchev–Trinajstić information content (AvgIpc) is 2.17. The zero-order valence-electron chi connectivity index (χ0n) is 8.14. The van der Waals surface area contributed by atoms with E-state index in [0.717, 1.165) is 9.92 Å². The van der Waals surface area contributed by atoms with Crippen LogP contribution < -0.4 is 5.63 Å². The first kappa shape index (κ1) is 9.98. The van der Waals surface area contributed by atoms with Gasteiger partial charge in [0.1, 0.15) is 10.8 Å². The van der Waals surface area contributed by atoms with E-state index in [4.69, 9.17) is 4.42 Å². The van der Waals surface area contributed by atoms with Crippen LogP contribution in [0.4, 0.5) is 0 Å². The molecule has 0 saturated carbocycles. The van der Waals surface area contributed by atoms with Crippen LogP contribution in [0.5, 0.6) is 0 Å². The van der Waals surface area contributed by atoms with Gasteiger partial charge in [0.05, 0.1) is 0 Å². The van der Waals surface area contributed by atoms with E-state index < -0.39 is 0 Å². The minimum atomic E-state index is -0.326. The van der Waals surface area contributed by atoms with Gasteiger partial charge in [-0.15, -0.1) is 0 Å². The highest BCUT2D eigenvalue weighted by Gasteiger charge is 2.01. The molecule has 4 heteroatoms. The van der Waals surface area contributed by atoms with E-state index in [1.807, 2.05) is 24.3 Å². The van der Waals surface area contributed by atoms with Crippen LogP contribution in [0.25, 0.3) is 0 Å². The maximum Gasteiger partial charge on any atom is 0.336 e. The molecule has 0 N–H and O–H groups in total. The third-order valence-corrected chi connectivity index (χ3v) is 2.65. The molecule has 76 valence electrons. The lowest BCUT2D eigenvalue weighted by molar-refractivity contribution is 0.475. The summed E-state index contributed by atoms with van der Waals surface area (Å²) in [6.07, 6.45) is 1.72. The Labute approximate surface area is 91.2 Å². The SMILES string of the molecule is Cc1cc(Sc2ccccn2)cc(=O)o1. The largest absolute Gasteiger partial charge is 0.428 e. The Morgan fingerprint density at radius 1 is 1.33 bits per heavy atom. The predicted molar refractivity (Wildman–Crippen MR) is 58.1 cm³/mol. The van der Waals surface area contributed by atoms with E-state index in [1.54, 1.807) is 13.1 Å². The summed E-state index contributed by atoms with van der Waals surface area (Å²) in [5.74, 6) is 0.612. The maximum absolute atomic E-state index is 11.1. The molecule has 15 heavy (non-hydrogen) atoms. The van der Waals surface area contributed by atoms with Gasteiger partial charge in [-0.2, -0.15) is 0 Å². The predicted octanol–water partition coefficient (Wildman–Crippen LogP) is 2.49. The first-order chi connectivity index (χ1) is 7.24. The lowest BCUT2D eigenvalue weighted by Crippen LogP contribution is -1.97. The summed E-state index contributed by atoms with van der Waals surface area (Å²) in [4.78, 5) is 16.1. The summed E-state index contributed by atoms with van der Waals surface area (Å²) in [6, 6.07) is 8.95. The standard InChI is InChI=1S/C11H9NO2S/c1-8-6-9(7-11(13)14-8)15-10-4-2-3-5-12-10/h2-7H,1H3. The van der Waals surface area contributed by atoms with Crippen LogP contribution in [0, 0.1) is 6.92 Å². The van der Waals surface area contributed by atoms with Gasteiger partial charge in [-0.25, -0.2) is 9.78 Å². The first-order valence-electron chi connectivity index (χ1n) is 4.45. The van der Waals surface area contributed by atoms with Crippen molar-refractivity contribution < 1.29 is 4.42 Å². The van der Waals surface area contributed by atoms with E-state index in [2.05, 4.69) is 4.98 Å².